The molecule has 2 aromatic carbocycles. The van der Waals surface area contributed by atoms with E-state index in [0.29, 0.717) is 23.6 Å². The molecule has 3 rings (SSSR count). The van der Waals surface area contributed by atoms with E-state index in [-0.39, 0.29) is 18.2 Å². The van der Waals surface area contributed by atoms with Gasteiger partial charge in [0.15, 0.2) is 5.84 Å². The van der Waals surface area contributed by atoms with Gasteiger partial charge in [-0.2, -0.15) is 0 Å². The number of halogens is 1. The molecule has 2 aromatic rings. The molecule has 1 aliphatic heterocycles. The van der Waals surface area contributed by atoms with Gasteiger partial charge in [0, 0.05) is 17.1 Å². The lowest BCUT2D eigenvalue weighted by Crippen LogP contribution is -2.49. The van der Waals surface area contributed by atoms with E-state index in [0.717, 1.165) is 16.4 Å². The van der Waals surface area contributed by atoms with E-state index in [1.165, 1.54) is 0 Å². The molecule has 0 saturated carbocycles. The minimum absolute atomic E-state index is 0.0214. The number of rotatable bonds is 3. The maximum atomic E-state index is 12.4. The van der Waals surface area contributed by atoms with Gasteiger partial charge in [0.25, 0.3) is 5.91 Å². The summed E-state index contributed by atoms with van der Waals surface area (Å²) in [6.45, 7) is 0. The predicted molar refractivity (Wildman–Crippen MR) is 118 cm³/mol. The van der Waals surface area contributed by atoms with Crippen LogP contribution in [0.2, 0.25) is 5.02 Å². The van der Waals surface area contributed by atoms with Gasteiger partial charge in [0.1, 0.15) is 11.9 Å². The summed E-state index contributed by atoms with van der Waals surface area (Å²) in [4.78, 5) is 24.8. The number of hydrogen-bond donors (Lipinski definition) is 5. The fourth-order valence-corrected chi connectivity index (χ4v) is 3.56. The summed E-state index contributed by atoms with van der Waals surface area (Å²) in [5.41, 5.74) is 2.46. The van der Waals surface area contributed by atoms with Crippen molar-refractivity contribution in [2.45, 2.75) is 25.3 Å². The molecule has 0 saturated heterocycles. The molecule has 0 bridgehead atoms. The van der Waals surface area contributed by atoms with Crippen LogP contribution in [0.1, 0.15) is 17.5 Å². The highest BCUT2D eigenvalue weighted by Gasteiger charge is 2.26. The summed E-state index contributed by atoms with van der Waals surface area (Å²) in [5, 5.41) is 25.2. The Morgan fingerprint density at radius 1 is 1.24 bits per heavy atom. The zero-order valence-corrected chi connectivity index (χ0v) is 17.4. The average molecular weight is 430 g/mol. The van der Waals surface area contributed by atoms with Gasteiger partial charge in [-0.15, -0.1) is 9.24 Å². The highest BCUT2D eigenvalue weighted by atomic mass is 35.5. The number of amidine groups is 2. The first kappa shape index (κ1) is 21.0. The van der Waals surface area contributed by atoms with Crippen LogP contribution in [0, 0.1) is 10.8 Å². The monoisotopic (exact) mass is 429 g/mol. The van der Waals surface area contributed by atoms with Crippen molar-refractivity contribution in [2.75, 3.05) is 5.32 Å². The van der Waals surface area contributed by atoms with Crippen molar-refractivity contribution in [3.8, 4) is 0 Å². The van der Waals surface area contributed by atoms with Crippen molar-refractivity contribution >= 4 is 55.3 Å². The average Bonchev–Trinajstić information content (AvgIpc) is 2.80. The van der Waals surface area contributed by atoms with Crippen LogP contribution in [0.15, 0.2) is 42.5 Å². The number of benzene rings is 2. The molecule has 0 spiro atoms. The lowest BCUT2D eigenvalue weighted by atomic mass is 10.1. The van der Waals surface area contributed by atoms with Gasteiger partial charge in [-0.05, 0) is 41.4 Å². The highest BCUT2D eigenvalue weighted by molar-refractivity contribution is 7.27. The Balaban J connectivity index is 1.56. The van der Waals surface area contributed by atoms with Crippen LogP contribution in [0.25, 0.3) is 0 Å². The third kappa shape index (κ3) is 5.62. The zero-order valence-electron chi connectivity index (χ0n) is 15.5. The van der Waals surface area contributed by atoms with Crippen LogP contribution in [-0.2, 0) is 22.4 Å². The van der Waals surface area contributed by atoms with Crippen LogP contribution in [0.4, 0.5) is 5.69 Å². The summed E-state index contributed by atoms with van der Waals surface area (Å²) < 4.78 is 0. The van der Waals surface area contributed by atoms with Crippen LogP contribution >= 0.6 is 20.8 Å². The van der Waals surface area contributed by atoms with Crippen molar-refractivity contribution in [3.05, 3.63) is 58.6 Å². The topological polar surface area (TPSA) is 118 Å². The molecule has 29 heavy (non-hydrogen) atoms. The number of fused-ring (bicyclic) bond motifs is 1. The first-order valence-electron chi connectivity index (χ1n) is 8.99. The van der Waals surface area contributed by atoms with Crippen LogP contribution in [0.5, 0.6) is 0 Å². The van der Waals surface area contributed by atoms with Crippen LogP contribution < -0.4 is 21.3 Å². The number of carbonyl (C=O) groups is 2. The maximum Gasteiger partial charge on any atom is 0.287 e. The van der Waals surface area contributed by atoms with E-state index in [4.69, 9.17) is 22.4 Å². The number of aryl methyl sites for hydroxylation is 1. The first-order valence-corrected chi connectivity index (χ1v) is 9.95. The Labute approximate surface area is 175 Å². The summed E-state index contributed by atoms with van der Waals surface area (Å²) in [6.07, 6.45) is 1.24. The van der Waals surface area contributed by atoms with E-state index in [2.05, 4.69) is 25.2 Å². The summed E-state index contributed by atoms with van der Waals surface area (Å²) >= 11 is 5.98. The molecule has 1 aliphatic rings. The Kier molecular flexibility index (Phi) is 6.62. The Morgan fingerprint density at radius 2 is 2.03 bits per heavy atom. The lowest BCUT2D eigenvalue weighted by molar-refractivity contribution is -0.123. The van der Waals surface area contributed by atoms with E-state index in [9.17, 15) is 9.59 Å². The van der Waals surface area contributed by atoms with Crippen molar-refractivity contribution in [2.24, 2.45) is 0 Å². The SMILES string of the molecule is N=C(Cc1cccc(P)c1)NC(=N)C(=O)N[C@H]1CCc2ccc(Cl)cc2NC1=O. The molecule has 0 aromatic heterocycles. The smallest absolute Gasteiger partial charge is 0.287 e. The van der Waals surface area contributed by atoms with Crippen LogP contribution in [-0.4, -0.2) is 29.5 Å². The quantitative estimate of drug-likeness (QED) is 0.292. The Morgan fingerprint density at radius 3 is 2.79 bits per heavy atom. The molecule has 2 amide bonds. The normalized spacial score (nSPS) is 15.5. The third-order valence-electron chi connectivity index (χ3n) is 4.49. The van der Waals surface area contributed by atoms with Gasteiger partial charge in [0.05, 0.1) is 0 Å². The summed E-state index contributed by atoms with van der Waals surface area (Å²) in [7, 11) is 2.58. The van der Waals surface area contributed by atoms with Crippen molar-refractivity contribution in [1.82, 2.24) is 10.6 Å². The van der Waals surface area contributed by atoms with Crippen molar-refractivity contribution in [1.29, 1.82) is 10.8 Å². The van der Waals surface area contributed by atoms with Gasteiger partial charge in [-0.25, -0.2) is 0 Å². The van der Waals surface area contributed by atoms with Crippen molar-refractivity contribution in [3.63, 3.8) is 0 Å². The number of carbonyl (C=O) groups excluding carboxylic acids is 2. The van der Waals surface area contributed by atoms with Gasteiger partial charge in [-0.3, -0.25) is 20.4 Å². The van der Waals surface area contributed by atoms with Gasteiger partial charge < -0.3 is 16.0 Å². The highest BCUT2D eigenvalue weighted by Crippen LogP contribution is 2.25. The van der Waals surface area contributed by atoms with E-state index in [1.807, 2.05) is 30.3 Å². The largest absolute Gasteiger partial charge is 0.338 e. The van der Waals surface area contributed by atoms with Crippen LogP contribution in [0.3, 0.4) is 0 Å². The van der Waals surface area contributed by atoms with Gasteiger partial charge >= 0.3 is 0 Å². The first-order chi connectivity index (χ1) is 13.8. The van der Waals surface area contributed by atoms with E-state index >= 15 is 0 Å². The molecule has 1 heterocycles. The van der Waals surface area contributed by atoms with E-state index in [1.54, 1.807) is 12.1 Å². The molecule has 2 atom stereocenters. The van der Waals surface area contributed by atoms with Crippen molar-refractivity contribution < 1.29 is 9.59 Å². The minimum Gasteiger partial charge on any atom is -0.338 e. The van der Waals surface area contributed by atoms with Gasteiger partial charge in [-0.1, -0.05) is 41.9 Å². The maximum absolute atomic E-state index is 12.4. The van der Waals surface area contributed by atoms with Gasteiger partial charge in [0.2, 0.25) is 5.91 Å². The fourth-order valence-electron chi connectivity index (χ4n) is 3.06. The standard InChI is InChI=1S/C20H21ClN5O2P/c21-13-6-4-12-5-7-15(19(27)25-16(12)10-13)24-20(28)18(23)26-17(22)9-11-2-1-3-14(29)8-11/h1-4,6,8,10,15H,5,7,9,29H2,(H,24,28)(H,25,27)(H3,22,23,26)/t15-/m0/s1. The molecule has 0 radical (unpaired) electrons. The molecular formula is C20H21ClN5O2P. The Bertz CT molecular complexity index is 995. The number of nitrogens with one attached hydrogen (secondary N) is 5. The summed E-state index contributed by atoms with van der Waals surface area (Å²) in [6, 6.07) is 12.1. The molecule has 1 unspecified atom stereocenters. The lowest BCUT2D eigenvalue weighted by Gasteiger charge is -2.16. The number of amides is 2. The molecule has 150 valence electrons. The second-order valence-electron chi connectivity index (χ2n) is 6.76. The third-order valence-corrected chi connectivity index (χ3v) is 5.08. The minimum atomic E-state index is -0.779. The molecule has 7 nitrogen and oxygen atoms in total. The predicted octanol–water partition coefficient (Wildman–Crippen LogP) is 2.00. The number of hydrogen-bond acceptors (Lipinski definition) is 4. The molecule has 9 heteroatoms. The number of anilines is 1. The zero-order chi connectivity index (χ0) is 21.0. The second kappa shape index (κ2) is 9.16. The Hall–Kier alpha value is -2.76. The second-order valence-corrected chi connectivity index (χ2v) is 7.86. The molecular weight excluding hydrogens is 409 g/mol. The summed E-state index contributed by atoms with van der Waals surface area (Å²) in [5.74, 6) is -1.55. The van der Waals surface area contributed by atoms with E-state index < -0.39 is 17.8 Å². The molecule has 0 aliphatic carbocycles. The molecule has 0 fully saturated rings. The molecule has 5 N–H and O–H groups in total. The fraction of sp³-hybridized carbons (Fsp3) is 0.200.